The first-order valence-electron chi connectivity index (χ1n) is 6.42. The average molecular weight is 324 g/mol. The summed E-state index contributed by atoms with van der Waals surface area (Å²) in [5.41, 5.74) is 0.809. The highest BCUT2D eigenvalue weighted by molar-refractivity contribution is 6.30. The standard InChI is InChI=1S/C14H14ClN3O4/c15-11-6-16-18(7-11)8-12(13(19)20)17-14(21)22-9-10-4-2-1-3-5-10/h1-7,12H,8-9H2,(H,17,21)(H,19,20). The van der Waals surface area contributed by atoms with Crippen molar-refractivity contribution in [2.75, 3.05) is 0 Å². The van der Waals surface area contributed by atoms with E-state index in [0.29, 0.717) is 5.02 Å². The molecule has 0 saturated carbocycles. The molecule has 0 spiro atoms. The third-order valence-electron chi connectivity index (χ3n) is 2.77. The van der Waals surface area contributed by atoms with E-state index in [-0.39, 0.29) is 13.2 Å². The van der Waals surface area contributed by atoms with Crippen LogP contribution < -0.4 is 5.32 Å². The lowest BCUT2D eigenvalue weighted by atomic mass is 10.2. The highest BCUT2D eigenvalue weighted by Gasteiger charge is 2.21. The summed E-state index contributed by atoms with van der Waals surface area (Å²) in [4.78, 5) is 22.9. The molecule has 0 aliphatic carbocycles. The van der Waals surface area contributed by atoms with Crippen molar-refractivity contribution in [2.45, 2.75) is 19.2 Å². The molecule has 1 unspecified atom stereocenters. The van der Waals surface area contributed by atoms with E-state index in [0.717, 1.165) is 5.56 Å². The van der Waals surface area contributed by atoms with E-state index in [9.17, 15) is 9.59 Å². The van der Waals surface area contributed by atoms with Gasteiger partial charge in [-0.25, -0.2) is 9.59 Å². The molecule has 8 heteroatoms. The predicted molar refractivity (Wildman–Crippen MR) is 78.4 cm³/mol. The zero-order valence-electron chi connectivity index (χ0n) is 11.5. The number of rotatable bonds is 6. The van der Waals surface area contributed by atoms with Crippen molar-refractivity contribution in [3.63, 3.8) is 0 Å². The molecule has 22 heavy (non-hydrogen) atoms. The minimum absolute atomic E-state index is 0.0531. The SMILES string of the molecule is O=C(NC(Cn1cc(Cl)cn1)C(=O)O)OCc1ccccc1. The van der Waals surface area contributed by atoms with E-state index in [1.54, 1.807) is 12.1 Å². The fourth-order valence-corrected chi connectivity index (χ4v) is 1.87. The lowest BCUT2D eigenvalue weighted by molar-refractivity contribution is -0.139. The molecule has 1 aromatic carbocycles. The van der Waals surface area contributed by atoms with E-state index < -0.39 is 18.1 Å². The fourth-order valence-electron chi connectivity index (χ4n) is 1.72. The summed E-state index contributed by atoms with van der Waals surface area (Å²) in [6.07, 6.45) is 2.04. The zero-order valence-corrected chi connectivity index (χ0v) is 12.2. The van der Waals surface area contributed by atoms with Gasteiger partial charge in [0.25, 0.3) is 0 Å². The molecule has 0 saturated heterocycles. The maximum Gasteiger partial charge on any atom is 0.408 e. The van der Waals surface area contributed by atoms with E-state index in [4.69, 9.17) is 21.4 Å². The monoisotopic (exact) mass is 323 g/mol. The minimum Gasteiger partial charge on any atom is -0.480 e. The molecular formula is C14H14ClN3O4. The molecule has 2 N–H and O–H groups in total. The van der Waals surface area contributed by atoms with Gasteiger partial charge in [0.2, 0.25) is 0 Å². The number of carboxylic acid groups (broad SMARTS) is 1. The van der Waals surface area contributed by atoms with Gasteiger partial charge in [0.1, 0.15) is 12.6 Å². The molecule has 7 nitrogen and oxygen atoms in total. The maximum atomic E-state index is 11.7. The van der Waals surface area contributed by atoms with Gasteiger partial charge in [0.05, 0.1) is 17.8 Å². The van der Waals surface area contributed by atoms with Crippen molar-refractivity contribution >= 4 is 23.7 Å². The van der Waals surface area contributed by atoms with Crippen LogP contribution in [0.15, 0.2) is 42.7 Å². The molecule has 0 fully saturated rings. The van der Waals surface area contributed by atoms with Crippen LogP contribution in [-0.4, -0.2) is 33.0 Å². The number of benzene rings is 1. The van der Waals surface area contributed by atoms with Crippen molar-refractivity contribution < 1.29 is 19.4 Å². The van der Waals surface area contributed by atoms with Crippen molar-refractivity contribution in [3.05, 3.63) is 53.3 Å². The van der Waals surface area contributed by atoms with E-state index in [2.05, 4.69) is 10.4 Å². The molecule has 1 atom stereocenters. The van der Waals surface area contributed by atoms with Crippen molar-refractivity contribution in [1.82, 2.24) is 15.1 Å². The summed E-state index contributed by atoms with van der Waals surface area (Å²) in [5, 5.41) is 15.7. The van der Waals surface area contributed by atoms with Crippen molar-refractivity contribution in [1.29, 1.82) is 0 Å². The first-order valence-corrected chi connectivity index (χ1v) is 6.80. The second-order valence-electron chi connectivity index (χ2n) is 4.48. The van der Waals surface area contributed by atoms with Crippen LogP contribution >= 0.6 is 11.6 Å². The quantitative estimate of drug-likeness (QED) is 0.847. The number of halogens is 1. The minimum atomic E-state index is -1.19. The van der Waals surface area contributed by atoms with E-state index in [1.807, 2.05) is 18.2 Å². The lowest BCUT2D eigenvalue weighted by Gasteiger charge is -2.14. The van der Waals surface area contributed by atoms with Crippen LogP contribution in [0.5, 0.6) is 0 Å². The normalized spacial score (nSPS) is 11.7. The smallest absolute Gasteiger partial charge is 0.408 e. The van der Waals surface area contributed by atoms with Crippen LogP contribution in [0.3, 0.4) is 0 Å². The summed E-state index contributed by atoms with van der Waals surface area (Å²) in [6, 6.07) is 7.91. The van der Waals surface area contributed by atoms with Gasteiger partial charge in [-0.2, -0.15) is 5.10 Å². The molecule has 1 heterocycles. The highest BCUT2D eigenvalue weighted by Crippen LogP contribution is 2.06. The van der Waals surface area contributed by atoms with Gasteiger partial charge in [0, 0.05) is 6.20 Å². The Kier molecular flexibility index (Phi) is 5.37. The average Bonchev–Trinajstić information content (AvgIpc) is 2.91. The Labute approximate surface area is 131 Å². The fraction of sp³-hybridized carbons (Fsp3) is 0.214. The molecule has 1 amide bonds. The van der Waals surface area contributed by atoms with Gasteiger partial charge in [-0.3, -0.25) is 4.68 Å². The number of alkyl carbamates (subject to hydrolysis) is 1. The molecule has 0 aliphatic rings. The van der Waals surface area contributed by atoms with Crippen LogP contribution in [0.4, 0.5) is 4.79 Å². The van der Waals surface area contributed by atoms with Gasteiger partial charge in [-0.1, -0.05) is 41.9 Å². The van der Waals surface area contributed by atoms with Gasteiger partial charge < -0.3 is 15.2 Å². The van der Waals surface area contributed by atoms with Crippen LogP contribution in [0, 0.1) is 0 Å². The summed E-state index contributed by atoms with van der Waals surface area (Å²) in [5.74, 6) is -1.19. The first-order chi connectivity index (χ1) is 10.5. The zero-order chi connectivity index (χ0) is 15.9. The second kappa shape index (κ2) is 7.46. The number of carboxylic acids is 1. The number of aliphatic carboxylic acids is 1. The van der Waals surface area contributed by atoms with E-state index >= 15 is 0 Å². The Morgan fingerprint density at radius 2 is 2.09 bits per heavy atom. The number of carbonyl (C=O) groups is 2. The van der Waals surface area contributed by atoms with Crippen LogP contribution in [0.2, 0.25) is 5.02 Å². The largest absolute Gasteiger partial charge is 0.480 e. The number of aromatic nitrogens is 2. The van der Waals surface area contributed by atoms with Gasteiger partial charge in [-0.15, -0.1) is 0 Å². The molecule has 1 aromatic heterocycles. The van der Waals surface area contributed by atoms with Crippen molar-refractivity contribution in [3.8, 4) is 0 Å². The number of hydrogen-bond donors (Lipinski definition) is 2. The number of hydrogen-bond acceptors (Lipinski definition) is 4. The topological polar surface area (TPSA) is 93.5 Å². The van der Waals surface area contributed by atoms with Crippen LogP contribution in [-0.2, 0) is 22.7 Å². The Bertz CT molecular complexity index is 645. The molecule has 0 radical (unpaired) electrons. The second-order valence-corrected chi connectivity index (χ2v) is 4.91. The Balaban J connectivity index is 1.87. The number of amides is 1. The number of carbonyl (C=O) groups excluding carboxylic acids is 1. The summed E-state index contributed by atoms with van der Waals surface area (Å²) in [6.45, 7) is 0.00903. The Morgan fingerprint density at radius 1 is 1.36 bits per heavy atom. The van der Waals surface area contributed by atoms with Crippen LogP contribution in [0.25, 0.3) is 0 Å². The van der Waals surface area contributed by atoms with Gasteiger partial charge in [0.15, 0.2) is 0 Å². The summed E-state index contributed by atoms with van der Waals surface area (Å²) in [7, 11) is 0. The summed E-state index contributed by atoms with van der Waals surface area (Å²) < 4.78 is 6.31. The van der Waals surface area contributed by atoms with Gasteiger partial charge >= 0.3 is 12.1 Å². The first kappa shape index (κ1) is 15.8. The molecule has 0 aliphatic heterocycles. The predicted octanol–water partition coefficient (Wildman–Crippen LogP) is 1.92. The van der Waals surface area contributed by atoms with Crippen LogP contribution in [0.1, 0.15) is 5.56 Å². The Hall–Kier alpha value is -2.54. The molecular weight excluding hydrogens is 310 g/mol. The maximum absolute atomic E-state index is 11.7. The van der Waals surface area contributed by atoms with Gasteiger partial charge in [-0.05, 0) is 5.56 Å². The highest BCUT2D eigenvalue weighted by atomic mass is 35.5. The molecule has 0 bridgehead atoms. The third-order valence-corrected chi connectivity index (χ3v) is 2.97. The number of ether oxygens (including phenoxy) is 1. The lowest BCUT2D eigenvalue weighted by Crippen LogP contribution is -2.44. The third kappa shape index (κ3) is 4.78. The number of nitrogens with one attached hydrogen (secondary N) is 1. The number of nitrogens with zero attached hydrogens (tertiary/aromatic N) is 2. The van der Waals surface area contributed by atoms with E-state index in [1.165, 1.54) is 17.1 Å². The molecule has 116 valence electrons. The van der Waals surface area contributed by atoms with Crippen molar-refractivity contribution in [2.24, 2.45) is 0 Å². The summed E-state index contributed by atoms with van der Waals surface area (Å²) >= 11 is 5.70. The molecule has 2 rings (SSSR count). The molecule has 2 aromatic rings. The Morgan fingerprint density at radius 3 is 2.68 bits per heavy atom.